The minimum absolute atomic E-state index is 0.00215. The number of amides is 1. The molecule has 1 aliphatic rings. The highest BCUT2D eigenvalue weighted by Gasteiger charge is 2.26. The first-order valence-electron chi connectivity index (χ1n) is 7.32. The van der Waals surface area contributed by atoms with Crippen LogP contribution in [-0.4, -0.2) is 48.6 Å². The number of piperidine rings is 1. The maximum Gasteiger partial charge on any atom is 0.267 e. The summed E-state index contributed by atoms with van der Waals surface area (Å²) >= 11 is 1.34. The van der Waals surface area contributed by atoms with E-state index in [9.17, 15) is 4.79 Å². The third kappa shape index (κ3) is 4.07. The summed E-state index contributed by atoms with van der Waals surface area (Å²) in [5.41, 5.74) is 5.89. The van der Waals surface area contributed by atoms with Crippen LogP contribution in [0.15, 0.2) is 0 Å². The Morgan fingerprint density at radius 1 is 1.52 bits per heavy atom. The monoisotopic (exact) mass is 312 g/mol. The molecule has 0 saturated carbocycles. The Morgan fingerprint density at radius 2 is 2.19 bits per heavy atom. The third-order valence-corrected chi connectivity index (χ3v) is 4.55. The number of carbonyl (C=O) groups excluding carboxylic acids is 1. The van der Waals surface area contributed by atoms with Gasteiger partial charge in [0.15, 0.2) is 5.13 Å². The van der Waals surface area contributed by atoms with E-state index in [2.05, 4.69) is 10.3 Å². The Bertz CT molecular complexity index is 481. The molecule has 7 heteroatoms. The van der Waals surface area contributed by atoms with E-state index in [1.54, 1.807) is 7.11 Å². The fourth-order valence-corrected chi connectivity index (χ4v) is 3.47. The number of hydrogen-bond donors (Lipinski definition) is 2. The van der Waals surface area contributed by atoms with Crippen molar-refractivity contribution in [1.82, 2.24) is 9.88 Å². The van der Waals surface area contributed by atoms with Crippen molar-refractivity contribution in [2.75, 3.05) is 37.9 Å². The van der Waals surface area contributed by atoms with Gasteiger partial charge in [-0.05, 0) is 32.6 Å². The molecule has 0 aromatic carbocycles. The van der Waals surface area contributed by atoms with E-state index < -0.39 is 0 Å². The van der Waals surface area contributed by atoms with Gasteiger partial charge in [-0.3, -0.25) is 4.79 Å². The molecule has 118 valence electrons. The van der Waals surface area contributed by atoms with Crippen molar-refractivity contribution in [2.24, 2.45) is 5.92 Å². The van der Waals surface area contributed by atoms with Crippen LogP contribution in [0.1, 0.15) is 36.4 Å². The molecular weight excluding hydrogens is 288 g/mol. The van der Waals surface area contributed by atoms with Crippen molar-refractivity contribution >= 4 is 28.2 Å². The van der Waals surface area contributed by atoms with E-state index in [0.717, 1.165) is 32.5 Å². The second-order valence-electron chi connectivity index (χ2n) is 5.72. The van der Waals surface area contributed by atoms with Gasteiger partial charge in [-0.2, -0.15) is 0 Å². The van der Waals surface area contributed by atoms with Gasteiger partial charge in [0.1, 0.15) is 10.7 Å². The predicted molar refractivity (Wildman–Crippen MR) is 85.8 cm³/mol. The number of rotatable bonds is 5. The summed E-state index contributed by atoms with van der Waals surface area (Å²) in [6.45, 7) is 6.35. The number of hydrogen-bond acceptors (Lipinski definition) is 6. The van der Waals surface area contributed by atoms with E-state index >= 15 is 0 Å². The number of nitrogens with zero attached hydrogens (tertiary/aromatic N) is 2. The first-order chi connectivity index (χ1) is 10.0. The first-order valence-corrected chi connectivity index (χ1v) is 8.14. The molecule has 0 bridgehead atoms. The van der Waals surface area contributed by atoms with Gasteiger partial charge in [0, 0.05) is 32.8 Å². The SMILES string of the molecule is COCC1CCN(C(=O)c2sc(NC(C)C)nc2N)CC1. The van der Waals surface area contributed by atoms with Crippen LogP contribution < -0.4 is 11.1 Å². The summed E-state index contributed by atoms with van der Waals surface area (Å²) in [5.74, 6) is 0.876. The van der Waals surface area contributed by atoms with Crippen LogP contribution in [0.25, 0.3) is 0 Å². The molecule has 2 rings (SSSR count). The lowest BCUT2D eigenvalue weighted by Crippen LogP contribution is -2.39. The van der Waals surface area contributed by atoms with E-state index in [0.29, 0.717) is 21.7 Å². The quantitative estimate of drug-likeness (QED) is 0.869. The van der Waals surface area contributed by atoms with Crippen LogP contribution in [0.5, 0.6) is 0 Å². The second-order valence-corrected chi connectivity index (χ2v) is 6.72. The lowest BCUT2D eigenvalue weighted by Gasteiger charge is -2.31. The number of likely N-dealkylation sites (tertiary alicyclic amines) is 1. The molecule has 0 atom stereocenters. The second kappa shape index (κ2) is 7.09. The lowest BCUT2D eigenvalue weighted by atomic mass is 9.98. The van der Waals surface area contributed by atoms with Gasteiger partial charge >= 0.3 is 0 Å². The molecule has 1 fully saturated rings. The molecule has 1 saturated heterocycles. The molecule has 1 aliphatic heterocycles. The molecule has 6 nitrogen and oxygen atoms in total. The number of ether oxygens (including phenoxy) is 1. The van der Waals surface area contributed by atoms with Crippen molar-refractivity contribution in [3.63, 3.8) is 0 Å². The van der Waals surface area contributed by atoms with Crippen LogP contribution in [-0.2, 0) is 4.74 Å². The normalized spacial score (nSPS) is 16.5. The van der Waals surface area contributed by atoms with Gasteiger partial charge in [0.05, 0.1) is 0 Å². The summed E-state index contributed by atoms with van der Waals surface area (Å²) in [6.07, 6.45) is 1.96. The van der Waals surface area contributed by atoms with Crippen molar-refractivity contribution < 1.29 is 9.53 Å². The molecule has 1 aromatic rings. The molecule has 0 aliphatic carbocycles. The van der Waals surface area contributed by atoms with Gasteiger partial charge < -0.3 is 20.7 Å². The van der Waals surface area contributed by atoms with Crippen LogP contribution >= 0.6 is 11.3 Å². The Labute approximate surface area is 129 Å². The smallest absolute Gasteiger partial charge is 0.267 e. The maximum atomic E-state index is 12.5. The lowest BCUT2D eigenvalue weighted by molar-refractivity contribution is 0.0618. The van der Waals surface area contributed by atoms with Gasteiger partial charge in [-0.25, -0.2) is 4.98 Å². The van der Waals surface area contributed by atoms with Crippen LogP contribution in [0.4, 0.5) is 10.9 Å². The highest BCUT2D eigenvalue weighted by atomic mass is 32.1. The number of carbonyl (C=O) groups is 1. The molecule has 2 heterocycles. The highest BCUT2D eigenvalue weighted by molar-refractivity contribution is 7.18. The van der Waals surface area contributed by atoms with Gasteiger partial charge in [0.25, 0.3) is 5.91 Å². The van der Waals surface area contributed by atoms with Crippen LogP contribution in [0, 0.1) is 5.92 Å². The first kappa shape index (κ1) is 16.0. The Kier molecular flexibility index (Phi) is 5.41. The van der Waals surface area contributed by atoms with Crippen molar-refractivity contribution in [1.29, 1.82) is 0 Å². The number of methoxy groups -OCH3 is 1. The molecular formula is C14H24N4O2S. The summed E-state index contributed by atoms with van der Waals surface area (Å²) < 4.78 is 5.18. The summed E-state index contributed by atoms with van der Waals surface area (Å²) in [5, 5.41) is 3.90. The van der Waals surface area contributed by atoms with Crippen molar-refractivity contribution in [3.8, 4) is 0 Å². The zero-order valence-corrected chi connectivity index (χ0v) is 13.7. The van der Waals surface area contributed by atoms with Crippen LogP contribution in [0.2, 0.25) is 0 Å². The maximum absolute atomic E-state index is 12.5. The van der Waals surface area contributed by atoms with E-state index in [1.165, 1.54) is 11.3 Å². The highest BCUT2D eigenvalue weighted by Crippen LogP contribution is 2.28. The molecule has 0 radical (unpaired) electrons. The van der Waals surface area contributed by atoms with E-state index in [4.69, 9.17) is 10.5 Å². The number of nitrogens with one attached hydrogen (secondary N) is 1. The fraction of sp³-hybridized carbons (Fsp3) is 0.714. The summed E-state index contributed by atoms with van der Waals surface area (Å²) in [6, 6.07) is 0.267. The van der Waals surface area contributed by atoms with Gasteiger partial charge in [-0.15, -0.1) is 0 Å². The molecule has 3 N–H and O–H groups in total. The molecule has 0 spiro atoms. The average Bonchev–Trinajstić information content (AvgIpc) is 2.79. The molecule has 21 heavy (non-hydrogen) atoms. The molecule has 1 aromatic heterocycles. The number of thiazole rings is 1. The standard InChI is InChI=1S/C14H24N4O2S/c1-9(2)16-14-17-12(15)11(21-14)13(19)18-6-4-10(5-7-18)8-20-3/h9-10H,4-8,15H2,1-3H3,(H,16,17). The van der Waals surface area contributed by atoms with Crippen molar-refractivity contribution in [3.05, 3.63) is 4.88 Å². The topological polar surface area (TPSA) is 80.5 Å². The van der Waals surface area contributed by atoms with Crippen molar-refractivity contribution in [2.45, 2.75) is 32.7 Å². The average molecular weight is 312 g/mol. The minimum atomic E-state index is -0.00215. The largest absolute Gasteiger partial charge is 0.384 e. The summed E-state index contributed by atoms with van der Waals surface area (Å²) in [4.78, 5) is 19.2. The van der Waals surface area contributed by atoms with Gasteiger partial charge in [0.2, 0.25) is 0 Å². The predicted octanol–water partition coefficient (Wildman–Crippen LogP) is 2.04. The fourth-order valence-electron chi connectivity index (χ4n) is 2.48. The minimum Gasteiger partial charge on any atom is -0.384 e. The number of nitrogen functional groups attached to an aromatic ring is 1. The Morgan fingerprint density at radius 3 is 2.76 bits per heavy atom. The van der Waals surface area contributed by atoms with Crippen LogP contribution in [0.3, 0.4) is 0 Å². The Balaban J connectivity index is 1.99. The van der Waals surface area contributed by atoms with E-state index in [1.807, 2.05) is 18.7 Å². The number of aromatic nitrogens is 1. The number of nitrogens with two attached hydrogens (primary N) is 1. The number of anilines is 2. The Hall–Kier alpha value is -1.34. The van der Waals surface area contributed by atoms with Gasteiger partial charge in [-0.1, -0.05) is 11.3 Å². The molecule has 0 unspecified atom stereocenters. The molecule has 1 amide bonds. The third-order valence-electron chi connectivity index (χ3n) is 3.56. The zero-order valence-electron chi connectivity index (χ0n) is 12.9. The summed E-state index contributed by atoms with van der Waals surface area (Å²) in [7, 11) is 1.72. The van der Waals surface area contributed by atoms with E-state index in [-0.39, 0.29) is 11.9 Å². The zero-order chi connectivity index (χ0) is 15.4.